The molecular formula is C15H29NO3. The van der Waals surface area contributed by atoms with Crippen molar-refractivity contribution in [1.29, 1.82) is 0 Å². The predicted octanol–water partition coefficient (Wildman–Crippen LogP) is 4.02. The molecule has 1 rings (SSSR count). The molecule has 0 saturated carbocycles. The van der Waals surface area contributed by atoms with Gasteiger partial charge in [-0.15, -0.1) is 0 Å². The van der Waals surface area contributed by atoms with Gasteiger partial charge in [0.05, 0.1) is 5.41 Å². The Bertz CT molecular complexity index is 281. The summed E-state index contributed by atoms with van der Waals surface area (Å²) in [6.07, 6.45) is 9.83. The average Bonchev–Trinajstić information content (AvgIpc) is 2.39. The summed E-state index contributed by atoms with van der Waals surface area (Å²) in [5, 5.41) is 11.7. The van der Waals surface area contributed by atoms with Crippen LogP contribution in [0.5, 0.6) is 0 Å². The summed E-state index contributed by atoms with van der Waals surface area (Å²) in [5.74, 6) is 0. The van der Waals surface area contributed by atoms with Gasteiger partial charge < -0.3 is 9.57 Å². The summed E-state index contributed by atoms with van der Waals surface area (Å²) in [5.41, 5.74) is -0.0496. The van der Waals surface area contributed by atoms with Crippen molar-refractivity contribution >= 4 is 6.21 Å². The first-order valence-corrected chi connectivity index (χ1v) is 7.76. The van der Waals surface area contributed by atoms with E-state index in [1.54, 1.807) is 6.21 Å². The third-order valence-electron chi connectivity index (χ3n) is 3.96. The number of nitrogens with zero attached hydrogens (tertiary/aromatic N) is 1. The van der Waals surface area contributed by atoms with Crippen LogP contribution >= 0.6 is 0 Å². The van der Waals surface area contributed by atoms with Gasteiger partial charge in [0, 0.05) is 17.9 Å². The van der Waals surface area contributed by atoms with Gasteiger partial charge in [0.2, 0.25) is 6.21 Å². The molecule has 1 aliphatic heterocycles. The molecule has 1 heterocycles. The highest BCUT2D eigenvalue weighted by molar-refractivity contribution is 5.60. The first kappa shape index (κ1) is 16.3. The Morgan fingerprint density at radius 3 is 2.63 bits per heavy atom. The van der Waals surface area contributed by atoms with Gasteiger partial charge in [-0.1, -0.05) is 46.5 Å². The SMILES string of the molecule is CCCCCC1(CC)C=[N+]([O-])OC(OCCCC)C1. The van der Waals surface area contributed by atoms with Crippen LogP contribution in [0.4, 0.5) is 0 Å². The minimum atomic E-state index is -0.379. The number of unbranched alkanes of at least 4 members (excludes halogenated alkanes) is 3. The number of hydrogen-bond donors (Lipinski definition) is 0. The lowest BCUT2D eigenvalue weighted by Crippen LogP contribution is -2.40. The second kappa shape index (κ2) is 8.41. The van der Waals surface area contributed by atoms with E-state index in [9.17, 15) is 5.21 Å². The van der Waals surface area contributed by atoms with Gasteiger partial charge in [-0.25, -0.2) is 0 Å². The minimum absolute atomic E-state index is 0.0496. The molecule has 112 valence electrons. The van der Waals surface area contributed by atoms with Crippen LogP contribution in [0.1, 0.15) is 72.1 Å². The van der Waals surface area contributed by atoms with Crippen molar-refractivity contribution in [2.24, 2.45) is 5.41 Å². The molecule has 2 atom stereocenters. The van der Waals surface area contributed by atoms with Crippen LogP contribution in [0, 0.1) is 10.6 Å². The van der Waals surface area contributed by atoms with Crippen LogP contribution in [-0.2, 0) is 9.57 Å². The number of ether oxygens (including phenoxy) is 1. The Kier molecular flexibility index (Phi) is 7.21. The highest BCUT2D eigenvalue weighted by atomic mass is 16.9. The lowest BCUT2D eigenvalue weighted by Gasteiger charge is -2.35. The number of rotatable bonds is 9. The lowest BCUT2D eigenvalue weighted by atomic mass is 9.77. The topological polar surface area (TPSA) is 44.5 Å². The molecule has 0 radical (unpaired) electrons. The Labute approximate surface area is 117 Å². The van der Waals surface area contributed by atoms with Crippen molar-refractivity contribution in [2.75, 3.05) is 6.61 Å². The first-order chi connectivity index (χ1) is 9.15. The van der Waals surface area contributed by atoms with Crippen molar-refractivity contribution in [3.63, 3.8) is 0 Å². The first-order valence-electron chi connectivity index (χ1n) is 7.76. The standard InChI is InChI=1S/C15H29NO3/c1-4-7-9-10-15(6-3)12-14(18-11-8-5-2)19-16(17)13-15/h13-14H,4-12H2,1-3H3. The third kappa shape index (κ3) is 5.39. The van der Waals surface area contributed by atoms with E-state index in [-0.39, 0.29) is 11.7 Å². The highest BCUT2D eigenvalue weighted by Crippen LogP contribution is 2.35. The zero-order valence-electron chi connectivity index (χ0n) is 12.7. The molecule has 0 saturated heterocycles. The van der Waals surface area contributed by atoms with Crippen LogP contribution in [-0.4, -0.2) is 24.0 Å². The summed E-state index contributed by atoms with van der Waals surface area (Å²) < 4.78 is 5.67. The molecule has 0 aliphatic carbocycles. The van der Waals surface area contributed by atoms with Crippen molar-refractivity contribution in [1.82, 2.24) is 0 Å². The fraction of sp³-hybridized carbons (Fsp3) is 0.933. The molecule has 4 heteroatoms. The zero-order valence-corrected chi connectivity index (χ0v) is 12.7. The fourth-order valence-electron chi connectivity index (χ4n) is 2.55. The number of hydrogen-bond acceptors (Lipinski definition) is 3. The van der Waals surface area contributed by atoms with Gasteiger partial charge in [-0.05, 0) is 19.3 Å². The summed E-state index contributed by atoms with van der Waals surface area (Å²) in [6, 6.07) is 0. The largest absolute Gasteiger partial charge is 0.372 e. The van der Waals surface area contributed by atoms with E-state index in [1.807, 2.05) is 0 Å². The molecule has 0 aromatic heterocycles. The molecule has 0 amide bonds. The molecule has 4 nitrogen and oxygen atoms in total. The van der Waals surface area contributed by atoms with Crippen LogP contribution in [0.25, 0.3) is 0 Å². The normalized spacial score (nSPS) is 26.9. The molecule has 19 heavy (non-hydrogen) atoms. The Balaban J connectivity index is 2.56. The zero-order chi connectivity index (χ0) is 14.1. The van der Waals surface area contributed by atoms with E-state index in [1.165, 1.54) is 12.8 Å². The van der Waals surface area contributed by atoms with Crippen molar-refractivity contribution < 1.29 is 14.5 Å². The van der Waals surface area contributed by atoms with Crippen LogP contribution in [0.2, 0.25) is 0 Å². The van der Waals surface area contributed by atoms with E-state index in [0.29, 0.717) is 11.5 Å². The van der Waals surface area contributed by atoms with Gasteiger partial charge >= 0.3 is 0 Å². The maximum atomic E-state index is 11.7. The Morgan fingerprint density at radius 1 is 1.26 bits per heavy atom. The molecule has 0 spiro atoms. The molecule has 0 aromatic carbocycles. The van der Waals surface area contributed by atoms with Crippen molar-refractivity contribution in [2.45, 2.75) is 78.4 Å². The van der Waals surface area contributed by atoms with Crippen molar-refractivity contribution in [3.8, 4) is 0 Å². The van der Waals surface area contributed by atoms with Crippen molar-refractivity contribution in [3.05, 3.63) is 5.21 Å². The second-order valence-corrected chi connectivity index (χ2v) is 5.55. The fourth-order valence-corrected chi connectivity index (χ4v) is 2.55. The molecule has 0 N–H and O–H groups in total. The predicted molar refractivity (Wildman–Crippen MR) is 76.9 cm³/mol. The quantitative estimate of drug-likeness (QED) is 0.470. The van der Waals surface area contributed by atoms with E-state index in [0.717, 1.165) is 38.5 Å². The summed E-state index contributed by atoms with van der Waals surface area (Å²) in [4.78, 5) is 5.82. The molecular weight excluding hydrogens is 242 g/mol. The van der Waals surface area contributed by atoms with E-state index in [4.69, 9.17) is 9.57 Å². The lowest BCUT2D eigenvalue weighted by molar-refractivity contribution is -0.771. The van der Waals surface area contributed by atoms with Gasteiger partial charge in [0.1, 0.15) is 0 Å². The molecule has 0 fully saturated rings. The molecule has 0 bridgehead atoms. The summed E-state index contributed by atoms with van der Waals surface area (Å²) >= 11 is 0. The third-order valence-corrected chi connectivity index (χ3v) is 3.96. The second-order valence-electron chi connectivity index (χ2n) is 5.55. The molecule has 1 aliphatic rings. The Hall–Kier alpha value is -0.770. The minimum Gasteiger partial charge on any atom is -0.372 e. The maximum absolute atomic E-state index is 11.7. The Morgan fingerprint density at radius 2 is 2.00 bits per heavy atom. The molecule has 2 unspecified atom stereocenters. The summed E-state index contributed by atoms with van der Waals surface area (Å²) in [6.45, 7) is 7.14. The van der Waals surface area contributed by atoms with Gasteiger partial charge in [0.25, 0.3) is 0 Å². The van der Waals surface area contributed by atoms with Crippen LogP contribution in [0.15, 0.2) is 0 Å². The van der Waals surface area contributed by atoms with E-state index in [2.05, 4.69) is 20.8 Å². The highest BCUT2D eigenvalue weighted by Gasteiger charge is 2.37. The van der Waals surface area contributed by atoms with E-state index < -0.39 is 0 Å². The smallest absolute Gasteiger partial charge is 0.216 e. The monoisotopic (exact) mass is 271 g/mol. The average molecular weight is 271 g/mol. The summed E-state index contributed by atoms with van der Waals surface area (Å²) in [7, 11) is 0. The van der Waals surface area contributed by atoms with Gasteiger partial charge in [-0.2, -0.15) is 0 Å². The van der Waals surface area contributed by atoms with Crippen LogP contribution < -0.4 is 0 Å². The van der Waals surface area contributed by atoms with E-state index >= 15 is 0 Å². The van der Waals surface area contributed by atoms with Gasteiger partial charge in [-0.3, -0.25) is 5.21 Å². The van der Waals surface area contributed by atoms with Gasteiger partial charge in [0.15, 0.2) is 6.29 Å². The maximum Gasteiger partial charge on any atom is 0.216 e. The van der Waals surface area contributed by atoms with Crippen LogP contribution in [0.3, 0.4) is 0 Å². The molecule has 0 aromatic rings.